The van der Waals surface area contributed by atoms with E-state index in [0.717, 1.165) is 53.0 Å². The van der Waals surface area contributed by atoms with E-state index in [-0.39, 0.29) is 31.1 Å². The normalized spacial score (nSPS) is 19.2. The van der Waals surface area contributed by atoms with Gasteiger partial charge in [-0.2, -0.15) is 5.10 Å². The van der Waals surface area contributed by atoms with E-state index >= 15 is 0 Å². The summed E-state index contributed by atoms with van der Waals surface area (Å²) < 4.78 is 7.67. The first-order valence-electron chi connectivity index (χ1n) is 10.9. The number of aromatic nitrogens is 3. The Morgan fingerprint density at radius 2 is 2.12 bits per heavy atom. The lowest BCUT2D eigenvalue weighted by Crippen LogP contribution is -2.39. The van der Waals surface area contributed by atoms with Gasteiger partial charge in [0.25, 0.3) is 5.91 Å². The minimum absolute atomic E-state index is 0.0711. The summed E-state index contributed by atoms with van der Waals surface area (Å²) in [4.78, 5) is 31.8. The molecule has 1 N–H and O–H groups in total. The number of morpholine rings is 1. The SMILES string of the molecule is Cc1cc(Cl)cc(-c2ncnn3cc(CN4C(=O)CN(C)C4=O)cc23)c1C[C@@H]1CNCCO1. The molecule has 2 saturated heterocycles. The van der Waals surface area contributed by atoms with Gasteiger partial charge in [0.1, 0.15) is 12.9 Å². The molecule has 9 nitrogen and oxygen atoms in total. The average molecular weight is 469 g/mol. The Labute approximate surface area is 196 Å². The van der Waals surface area contributed by atoms with Gasteiger partial charge in [-0.15, -0.1) is 0 Å². The van der Waals surface area contributed by atoms with Gasteiger partial charge in [-0.1, -0.05) is 11.6 Å². The van der Waals surface area contributed by atoms with Crippen molar-refractivity contribution in [3.63, 3.8) is 0 Å². The summed E-state index contributed by atoms with van der Waals surface area (Å²) in [5.74, 6) is -0.210. The minimum atomic E-state index is -0.296. The van der Waals surface area contributed by atoms with Crippen LogP contribution in [0.4, 0.5) is 4.79 Å². The first kappa shape index (κ1) is 21.8. The fourth-order valence-corrected chi connectivity index (χ4v) is 4.79. The molecule has 3 amide bonds. The van der Waals surface area contributed by atoms with Crippen LogP contribution in [0.1, 0.15) is 16.7 Å². The van der Waals surface area contributed by atoms with Crippen LogP contribution < -0.4 is 5.32 Å². The zero-order valence-electron chi connectivity index (χ0n) is 18.5. The van der Waals surface area contributed by atoms with Gasteiger partial charge in [0.15, 0.2) is 0 Å². The van der Waals surface area contributed by atoms with Gasteiger partial charge in [-0.25, -0.2) is 14.3 Å². The molecule has 2 aliphatic rings. The zero-order chi connectivity index (χ0) is 23.1. The van der Waals surface area contributed by atoms with Crippen molar-refractivity contribution in [1.82, 2.24) is 29.7 Å². The quantitative estimate of drug-likeness (QED) is 0.577. The predicted octanol–water partition coefficient (Wildman–Crippen LogP) is 2.28. The molecule has 5 rings (SSSR count). The van der Waals surface area contributed by atoms with Gasteiger partial charge in [-0.3, -0.25) is 9.69 Å². The highest BCUT2D eigenvalue weighted by molar-refractivity contribution is 6.31. The van der Waals surface area contributed by atoms with E-state index in [1.54, 1.807) is 11.6 Å². The molecule has 0 bridgehead atoms. The maximum atomic E-state index is 12.3. The Bertz CT molecular complexity index is 1240. The second-order valence-corrected chi connectivity index (χ2v) is 8.99. The second kappa shape index (κ2) is 8.74. The van der Waals surface area contributed by atoms with E-state index in [1.165, 1.54) is 16.1 Å². The number of rotatable bonds is 5. The number of benzene rings is 1. The van der Waals surface area contributed by atoms with Gasteiger partial charge in [0, 0.05) is 43.3 Å². The van der Waals surface area contributed by atoms with Gasteiger partial charge >= 0.3 is 6.03 Å². The fourth-order valence-electron chi connectivity index (χ4n) is 4.52. The zero-order valence-corrected chi connectivity index (χ0v) is 19.3. The molecule has 1 atom stereocenters. The van der Waals surface area contributed by atoms with Crippen LogP contribution in [0.15, 0.2) is 30.7 Å². The van der Waals surface area contributed by atoms with Crippen molar-refractivity contribution in [2.45, 2.75) is 26.0 Å². The van der Waals surface area contributed by atoms with Crippen molar-refractivity contribution in [2.75, 3.05) is 33.3 Å². The number of aryl methyl sites for hydroxylation is 1. The number of amides is 3. The van der Waals surface area contributed by atoms with Crippen molar-refractivity contribution in [3.8, 4) is 11.3 Å². The van der Waals surface area contributed by atoms with E-state index in [2.05, 4.69) is 15.4 Å². The molecule has 0 radical (unpaired) electrons. The van der Waals surface area contributed by atoms with Crippen molar-refractivity contribution < 1.29 is 14.3 Å². The fraction of sp³-hybridized carbons (Fsp3) is 0.391. The van der Waals surface area contributed by atoms with Gasteiger partial charge in [-0.05, 0) is 41.8 Å². The summed E-state index contributed by atoms with van der Waals surface area (Å²) in [6.07, 6.45) is 4.13. The lowest BCUT2D eigenvalue weighted by molar-refractivity contribution is -0.125. The number of ether oxygens (including phenoxy) is 1. The number of nitrogens with zero attached hydrogens (tertiary/aromatic N) is 5. The summed E-state index contributed by atoms with van der Waals surface area (Å²) in [6, 6.07) is 5.51. The van der Waals surface area contributed by atoms with Crippen molar-refractivity contribution in [3.05, 3.63) is 52.4 Å². The largest absolute Gasteiger partial charge is 0.375 e. The highest BCUT2D eigenvalue weighted by Gasteiger charge is 2.33. The predicted molar refractivity (Wildman–Crippen MR) is 123 cm³/mol. The standard InChI is InChI=1S/C23H25ClN6O3/c1-14-5-16(24)7-19(18(14)8-17-9-25-3-4-33-17)22-20-6-15(11-30(20)27-13-26-22)10-29-21(31)12-28(2)23(29)32/h5-7,11,13,17,25H,3-4,8-10,12H2,1-2H3/t17-/m1/s1. The molecule has 0 unspecified atom stereocenters. The maximum Gasteiger partial charge on any atom is 0.327 e. The van der Waals surface area contributed by atoms with Gasteiger partial charge < -0.3 is 15.0 Å². The molecule has 0 aliphatic carbocycles. The molecule has 0 spiro atoms. The smallest absolute Gasteiger partial charge is 0.327 e. The van der Waals surface area contributed by atoms with Gasteiger partial charge in [0.05, 0.1) is 30.5 Å². The number of carbonyl (C=O) groups is 2. The Kier molecular flexibility index (Phi) is 5.77. The maximum absolute atomic E-state index is 12.3. The number of halogens is 1. The number of likely N-dealkylation sites (N-methyl/N-ethyl adjacent to an activating group) is 1. The Balaban J connectivity index is 1.54. The van der Waals surface area contributed by atoms with Crippen LogP contribution in [0.25, 0.3) is 16.8 Å². The summed E-state index contributed by atoms with van der Waals surface area (Å²) in [7, 11) is 1.62. The van der Waals surface area contributed by atoms with E-state index < -0.39 is 0 Å². The number of imide groups is 1. The molecular weight excluding hydrogens is 444 g/mol. The Morgan fingerprint density at radius 1 is 1.27 bits per heavy atom. The summed E-state index contributed by atoms with van der Waals surface area (Å²) >= 11 is 6.45. The highest BCUT2D eigenvalue weighted by Crippen LogP contribution is 2.33. The number of fused-ring (bicyclic) bond motifs is 1. The van der Waals surface area contributed by atoms with Crippen molar-refractivity contribution in [1.29, 1.82) is 0 Å². The lowest BCUT2D eigenvalue weighted by Gasteiger charge is -2.25. The third-order valence-corrected chi connectivity index (χ3v) is 6.38. The molecule has 2 aliphatic heterocycles. The average Bonchev–Trinajstić information content (AvgIpc) is 3.31. The molecule has 172 valence electrons. The number of hydrogen-bond donors (Lipinski definition) is 1. The Morgan fingerprint density at radius 3 is 2.85 bits per heavy atom. The van der Waals surface area contributed by atoms with Crippen LogP contribution >= 0.6 is 11.6 Å². The molecule has 10 heteroatoms. The van der Waals surface area contributed by atoms with E-state index in [4.69, 9.17) is 16.3 Å². The topological polar surface area (TPSA) is 92.1 Å². The van der Waals surface area contributed by atoms with E-state index in [1.807, 2.05) is 31.3 Å². The molecule has 2 fully saturated rings. The number of hydrogen-bond acceptors (Lipinski definition) is 6. The molecule has 33 heavy (non-hydrogen) atoms. The van der Waals surface area contributed by atoms with Crippen LogP contribution in [0.2, 0.25) is 5.02 Å². The second-order valence-electron chi connectivity index (χ2n) is 8.56. The third-order valence-electron chi connectivity index (χ3n) is 6.16. The highest BCUT2D eigenvalue weighted by atomic mass is 35.5. The van der Waals surface area contributed by atoms with Crippen LogP contribution in [-0.4, -0.2) is 75.7 Å². The first-order valence-corrected chi connectivity index (χ1v) is 11.3. The molecule has 1 aromatic carbocycles. The van der Waals surface area contributed by atoms with Crippen LogP contribution in [-0.2, 0) is 22.5 Å². The molecule has 3 aromatic rings. The van der Waals surface area contributed by atoms with Gasteiger partial charge in [0.2, 0.25) is 0 Å². The number of nitrogens with one attached hydrogen (secondary N) is 1. The summed E-state index contributed by atoms with van der Waals surface area (Å²) in [5, 5.41) is 8.36. The molecule has 0 saturated carbocycles. The van der Waals surface area contributed by atoms with Crippen LogP contribution in [0, 0.1) is 6.92 Å². The van der Waals surface area contributed by atoms with Crippen LogP contribution in [0.3, 0.4) is 0 Å². The van der Waals surface area contributed by atoms with Crippen molar-refractivity contribution in [2.24, 2.45) is 0 Å². The van der Waals surface area contributed by atoms with E-state index in [0.29, 0.717) is 11.6 Å². The minimum Gasteiger partial charge on any atom is -0.375 e. The number of urea groups is 1. The molecule has 2 aromatic heterocycles. The molecular formula is C23H25ClN6O3. The third kappa shape index (κ3) is 4.19. The summed E-state index contributed by atoms with van der Waals surface area (Å²) in [6.45, 7) is 4.68. The Hall–Kier alpha value is -3.01. The number of carbonyl (C=O) groups excluding carboxylic acids is 2. The summed E-state index contributed by atoms with van der Waals surface area (Å²) in [5.41, 5.74) is 5.46. The van der Waals surface area contributed by atoms with Crippen molar-refractivity contribution >= 4 is 29.1 Å². The monoisotopic (exact) mass is 468 g/mol. The first-order chi connectivity index (χ1) is 15.9. The van der Waals surface area contributed by atoms with Crippen LogP contribution in [0.5, 0.6) is 0 Å². The lowest BCUT2D eigenvalue weighted by atomic mass is 9.94. The van der Waals surface area contributed by atoms with E-state index in [9.17, 15) is 9.59 Å². The molecule has 4 heterocycles.